The van der Waals surface area contributed by atoms with Crippen LogP contribution in [0.4, 0.5) is 11.4 Å². The van der Waals surface area contributed by atoms with E-state index in [1.165, 1.54) is 0 Å². The lowest BCUT2D eigenvalue weighted by atomic mass is 10.00. The molecule has 0 radical (unpaired) electrons. The first-order valence-corrected chi connectivity index (χ1v) is 12.0. The van der Waals surface area contributed by atoms with Crippen LogP contribution in [-0.2, 0) is 27.7 Å². The van der Waals surface area contributed by atoms with Crippen molar-refractivity contribution in [2.75, 3.05) is 21.9 Å². The molecule has 0 fully saturated rings. The zero-order valence-electron chi connectivity index (χ0n) is 17.2. The van der Waals surface area contributed by atoms with Gasteiger partial charge < -0.3 is 4.90 Å². The number of nitriles is 1. The summed E-state index contributed by atoms with van der Waals surface area (Å²) >= 11 is 0. The molecule has 0 unspecified atom stereocenters. The molecule has 1 amide bonds. The smallest absolute Gasteiger partial charge is 0.232 e. The Hall–Kier alpha value is -2.85. The molecule has 2 aromatic carbocycles. The summed E-state index contributed by atoms with van der Waals surface area (Å²) in [6.07, 6.45) is 4.12. The second-order valence-corrected chi connectivity index (χ2v) is 9.42. The summed E-state index contributed by atoms with van der Waals surface area (Å²) in [6, 6.07) is 14.8. The third-order valence-corrected chi connectivity index (χ3v) is 6.62. The number of carbonyl (C=O) groups is 1. The number of amides is 1. The summed E-state index contributed by atoms with van der Waals surface area (Å²) in [4.78, 5) is 14.7. The maximum atomic E-state index is 12.9. The van der Waals surface area contributed by atoms with Gasteiger partial charge in [0.15, 0.2) is 0 Å². The Balaban J connectivity index is 1.67. The molecule has 0 bridgehead atoms. The summed E-state index contributed by atoms with van der Waals surface area (Å²) in [6.45, 7) is 2.63. The second-order valence-electron chi connectivity index (χ2n) is 7.58. The van der Waals surface area contributed by atoms with Crippen LogP contribution >= 0.6 is 0 Å². The Kier molecular flexibility index (Phi) is 7.11. The van der Waals surface area contributed by atoms with Gasteiger partial charge in [0.05, 0.1) is 17.4 Å². The Morgan fingerprint density at radius 1 is 1.20 bits per heavy atom. The van der Waals surface area contributed by atoms with Crippen LogP contribution in [0.1, 0.15) is 49.3 Å². The minimum Gasteiger partial charge on any atom is -0.312 e. The van der Waals surface area contributed by atoms with Gasteiger partial charge in [-0.05, 0) is 67.1 Å². The average molecular weight is 426 g/mol. The van der Waals surface area contributed by atoms with Crippen molar-refractivity contribution in [3.63, 3.8) is 0 Å². The zero-order valence-corrected chi connectivity index (χ0v) is 18.0. The highest BCUT2D eigenvalue weighted by molar-refractivity contribution is 7.92. The van der Waals surface area contributed by atoms with Gasteiger partial charge in [-0.2, -0.15) is 5.26 Å². The quantitative estimate of drug-likeness (QED) is 0.692. The van der Waals surface area contributed by atoms with Crippen molar-refractivity contribution >= 4 is 27.3 Å². The van der Waals surface area contributed by atoms with Gasteiger partial charge in [-0.15, -0.1) is 0 Å². The highest BCUT2D eigenvalue weighted by atomic mass is 32.2. The van der Waals surface area contributed by atoms with E-state index < -0.39 is 10.0 Å². The number of unbranched alkanes of at least 4 members (excludes halogenated alkanes) is 1. The molecule has 158 valence electrons. The number of nitrogens with one attached hydrogen (secondary N) is 1. The van der Waals surface area contributed by atoms with Crippen LogP contribution in [0.25, 0.3) is 0 Å². The van der Waals surface area contributed by atoms with E-state index in [0.29, 0.717) is 37.1 Å². The van der Waals surface area contributed by atoms with Gasteiger partial charge >= 0.3 is 0 Å². The van der Waals surface area contributed by atoms with E-state index in [2.05, 4.69) is 10.8 Å². The Labute approximate surface area is 178 Å². The van der Waals surface area contributed by atoms with E-state index in [-0.39, 0.29) is 11.7 Å². The van der Waals surface area contributed by atoms with E-state index in [1.807, 2.05) is 31.2 Å². The Bertz CT molecular complexity index is 1040. The summed E-state index contributed by atoms with van der Waals surface area (Å²) in [5, 5.41) is 8.88. The molecule has 1 N–H and O–H groups in total. The molecule has 0 atom stereocenters. The molecule has 3 rings (SSSR count). The number of sulfonamides is 1. The van der Waals surface area contributed by atoms with Gasteiger partial charge in [0.1, 0.15) is 0 Å². The van der Waals surface area contributed by atoms with Crippen LogP contribution in [0.3, 0.4) is 0 Å². The monoisotopic (exact) mass is 425 g/mol. The molecule has 0 aliphatic carbocycles. The fourth-order valence-corrected chi connectivity index (χ4v) is 4.87. The first-order chi connectivity index (χ1) is 14.4. The van der Waals surface area contributed by atoms with Gasteiger partial charge in [-0.25, -0.2) is 8.42 Å². The lowest BCUT2D eigenvalue weighted by Crippen LogP contribution is -2.35. The molecule has 0 aromatic heterocycles. The van der Waals surface area contributed by atoms with Gasteiger partial charge in [0.2, 0.25) is 15.9 Å². The molecule has 1 heterocycles. The van der Waals surface area contributed by atoms with Crippen LogP contribution < -0.4 is 9.62 Å². The number of aryl methyl sites for hydroxylation is 2. The number of nitrogens with zero attached hydrogens (tertiary/aromatic N) is 2. The predicted octanol–water partition coefficient (Wildman–Crippen LogP) is 4.01. The molecule has 30 heavy (non-hydrogen) atoms. The number of hydrogen-bond acceptors (Lipinski definition) is 4. The minimum absolute atomic E-state index is 0.0524. The molecule has 7 heteroatoms. The van der Waals surface area contributed by atoms with E-state index in [4.69, 9.17) is 5.26 Å². The van der Waals surface area contributed by atoms with Crippen molar-refractivity contribution in [3.8, 4) is 6.07 Å². The average Bonchev–Trinajstić information content (AvgIpc) is 2.75. The Morgan fingerprint density at radius 2 is 1.97 bits per heavy atom. The number of rotatable bonds is 8. The molecule has 0 spiro atoms. The van der Waals surface area contributed by atoms with Crippen LogP contribution in [0.15, 0.2) is 42.5 Å². The van der Waals surface area contributed by atoms with Gasteiger partial charge in [0, 0.05) is 24.3 Å². The fourth-order valence-electron chi connectivity index (χ4n) is 3.62. The SMILES string of the molecule is CCCCS(=O)(=O)Nc1ccc2c(c1)CCCN2C(=O)CCc1ccc(C#N)cc1. The molecular formula is C23H27N3O3S. The highest BCUT2D eigenvalue weighted by Crippen LogP contribution is 2.30. The topological polar surface area (TPSA) is 90.3 Å². The minimum atomic E-state index is -3.35. The number of anilines is 2. The lowest BCUT2D eigenvalue weighted by molar-refractivity contribution is -0.118. The molecule has 2 aromatic rings. The van der Waals surface area contributed by atoms with Crippen LogP contribution in [0, 0.1) is 11.3 Å². The van der Waals surface area contributed by atoms with Gasteiger partial charge in [-0.3, -0.25) is 9.52 Å². The van der Waals surface area contributed by atoms with Crippen molar-refractivity contribution in [2.24, 2.45) is 0 Å². The van der Waals surface area contributed by atoms with E-state index >= 15 is 0 Å². The maximum absolute atomic E-state index is 12.9. The van der Waals surface area contributed by atoms with Crippen molar-refractivity contribution in [3.05, 3.63) is 59.2 Å². The second kappa shape index (κ2) is 9.77. The van der Waals surface area contributed by atoms with Crippen LogP contribution in [-0.4, -0.2) is 26.6 Å². The number of benzene rings is 2. The molecule has 0 saturated heterocycles. The summed E-state index contributed by atoms with van der Waals surface area (Å²) in [5.41, 5.74) is 4.04. The van der Waals surface area contributed by atoms with Crippen LogP contribution in [0.5, 0.6) is 0 Å². The zero-order chi connectivity index (χ0) is 21.6. The predicted molar refractivity (Wildman–Crippen MR) is 119 cm³/mol. The molecule has 1 aliphatic rings. The summed E-state index contributed by atoms with van der Waals surface area (Å²) < 4.78 is 27.0. The van der Waals surface area contributed by atoms with Crippen molar-refractivity contribution in [1.82, 2.24) is 0 Å². The van der Waals surface area contributed by atoms with Crippen molar-refractivity contribution < 1.29 is 13.2 Å². The molecule has 1 aliphatic heterocycles. The van der Waals surface area contributed by atoms with Gasteiger partial charge in [-0.1, -0.05) is 25.5 Å². The first kappa shape index (κ1) is 21.8. The molecule has 6 nitrogen and oxygen atoms in total. The highest BCUT2D eigenvalue weighted by Gasteiger charge is 2.23. The largest absolute Gasteiger partial charge is 0.312 e. The normalized spacial score (nSPS) is 13.4. The van der Waals surface area contributed by atoms with E-state index in [9.17, 15) is 13.2 Å². The number of carbonyl (C=O) groups excluding carboxylic acids is 1. The summed E-state index contributed by atoms with van der Waals surface area (Å²) in [7, 11) is -3.35. The van der Waals surface area contributed by atoms with Crippen LogP contribution in [0.2, 0.25) is 0 Å². The summed E-state index contributed by atoms with van der Waals surface area (Å²) in [5.74, 6) is 0.164. The molecular weight excluding hydrogens is 398 g/mol. The standard InChI is InChI=1S/C23H27N3O3S/c1-2-3-15-30(28,29)25-21-11-12-22-20(16-21)5-4-14-26(22)23(27)13-10-18-6-8-19(17-24)9-7-18/h6-9,11-12,16,25H,2-5,10,13-15H2,1H3. The van der Waals surface area contributed by atoms with Crippen molar-refractivity contribution in [2.45, 2.75) is 45.4 Å². The third kappa shape index (κ3) is 5.61. The first-order valence-electron chi connectivity index (χ1n) is 10.3. The molecule has 0 saturated carbocycles. The van der Waals surface area contributed by atoms with E-state index in [1.54, 1.807) is 23.1 Å². The third-order valence-electron chi connectivity index (χ3n) is 5.25. The fraction of sp³-hybridized carbons (Fsp3) is 0.391. The number of fused-ring (bicyclic) bond motifs is 1. The number of hydrogen-bond donors (Lipinski definition) is 1. The van der Waals surface area contributed by atoms with Gasteiger partial charge in [0.25, 0.3) is 0 Å². The maximum Gasteiger partial charge on any atom is 0.232 e. The lowest BCUT2D eigenvalue weighted by Gasteiger charge is -2.30. The van der Waals surface area contributed by atoms with Crippen molar-refractivity contribution in [1.29, 1.82) is 5.26 Å². The Morgan fingerprint density at radius 3 is 2.67 bits per heavy atom. The van der Waals surface area contributed by atoms with E-state index in [0.717, 1.165) is 36.1 Å².